The van der Waals surface area contributed by atoms with Crippen LogP contribution in [0.5, 0.6) is 0 Å². The Bertz CT molecular complexity index is 445. The average molecular weight is 307 g/mol. The molecule has 0 unspecified atom stereocenters. The molecule has 1 fully saturated rings. The van der Waals surface area contributed by atoms with Crippen molar-refractivity contribution < 1.29 is 26.9 Å². The molecular formula is C12H21NO6S. The summed E-state index contributed by atoms with van der Waals surface area (Å²) in [5, 5.41) is 0. The highest BCUT2D eigenvalue weighted by molar-refractivity contribution is 8.00. The number of hydrogen-bond donors (Lipinski definition) is 0. The number of carbonyl (C=O) groups is 2. The lowest BCUT2D eigenvalue weighted by Gasteiger charge is -2.33. The zero-order chi connectivity index (χ0) is 15.4. The first-order chi connectivity index (χ1) is 9.13. The highest BCUT2D eigenvalue weighted by Crippen LogP contribution is 2.20. The summed E-state index contributed by atoms with van der Waals surface area (Å²) in [4.78, 5) is 23.6. The van der Waals surface area contributed by atoms with Gasteiger partial charge in [-0.3, -0.25) is 8.98 Å². The van der Waals surface area contributed by atoms with Gasteiger partial charge in [0.2, 0.25) is 0 Å². The summed E-state index contributed by atoms with van der Waals surface area (Å²) in [5.74, 6) is 0.0170. The first-order valence-corrected chi connectivity index (χ1v) is 7.92. The van der Waals surface area contributed by atoms with Crippen LogP contribution in [0.2, 0.25) is 0 Å². The summed E-state index contributed by atoms with van der Waals surface area (Å²) in [6, 6.07) is 0. The maximum absolute atomic E-state index is 11.8. The molecule has 1 rings (SSSR count). The molecule has 0 aromatic rings. The third-order valence-corrected chi connectivity index (χ3v) is 3.55. The number of rotatable bonds is 4. The molecule has 0 aromatic heterocycles. The number of nitrogens with zero attached hydrogens (tertiary/aromatic N) is 1. The van der Waals surface area contributed by atoms with E-state index in [4.69, 9.17) is 4.74 Å². The van der Waals surface area contributed by atoms with E-state index in [1.165, 1.54) is 0 Å². The maximum atomic E-state index is 11.8. The zero-order valence-electron chi connectivity index (χ0n) is 12.0. The largest absolute Gasteiger partial charge is 0.444 e. The number of amides is 1. The molecule has 1 amide bonds. The first kappa shape index (κ1) is 16.9. The average Bonchev–Trinajstić information content (AvgIpc) is 2.35. The van der Waals surface area contributed by atoms with E-state index in [0.29, 0.717) is 25.9 Å². The summed E-state index contributed by atoms with van der Waals surface area (Å²) < 4.78 is 31.6. The minimum atomic E-state index is -4.06. The lowest BCUT2D eigenvalue weighted by molar-refractivity contribution is 0.0166. The number of carbonyl (C=O) groups excluding carboxylic acids is 2. The topological polar surface area (TPSA) is 90.0 Å². The van der Waals surface area contributed by atoms with Crippen LogP contribution < -0.4 is 0 Å². The van der Waals surface area contributed by atoms with E-state index in [2.05, 4.69) is 4.18 Å². The van der Waals surface area contributed by atoms with Crippen LogP contribution in [0.15, 0.2) is 0 Å². The van der Waals surface area contributed by atoms with Crippen LogP contribution >= 0.6 is 0 Å². The Morgan fingerprint density at radius 1 is 1.30 bits per heavy atom. The molecule has 0 aromatic carbocycles. The Morgan fingerprint density at radius 3 is 2.30 bits per heavy atom. The van der Waals surface area contributed by atoms with Gasteiger partial charge in [0.25, 0.3) is 5.62 Å². The summed E-state index contributed by atoms with van der Waals surface area (Å²) in [5.41, 5.74) is -0.738. The molecule has 116 valence electrons. The van der Waals surface area contributed by atoms with Gasteiger partial charge in [0.05, 0.1) is 6.61 Å². The van der Waals surface area contributed by atoms with E-state index < -0.39 is 15.7 Å². The van der Waals surface area contributed by atoms with Gasteiger partial charge in [0, 0.05) is 13.1 Å². The third-order valence-electron chi connectivity index (χ3n) is 2.85. The van der Waals surface area contributed by atoms with Gasteiger partial charge >= 0.3 is 16.2 Å². The molecule has 0 spiro atoms. The Balaban J connectivity index is 2.37. The van der Waals surface area contributed by atoms with Gasteiger partial charge in [-0.25, -0.2) is 4.79 Å². The van der Waals surface area contributed by atoms with Gasteiger partial charge in [0.15, 0.2) is 0 Å². The van der Waals surface area contributed by atoms with E-state index >= 15 is 0 Å². The molecule has 0 radical (unpaired) electrons. The standard InChI is InChI=1S/C12H21NO6S/c1-12(2,3)19-11(15)13-6-4-10(5-7-13)8-18-20(16,17)9-14/h9-10H,4-8H2,1-3H3. The lowest BCUT2D eigenvalue weighted by atomic mass is 9.98. The number of ether oxygens (including phenoxy) is 1. The van der Waals surface area contributed by atoms with Crippen LogP contribution in [0.1, 0.15) is 33.6 Å². The van der Waals surface area contributed by atoms with Crippen molar-refractivity contribution in [3.8, 4) is 0 Å². The van der Waals surface area contributed by atoms with Gasteiger partial charge < -0.3 is 9.64 Å². The third kappa shape index (κ3) is 5.87. The molecule has 0 aliphatic carbocycles. The fraction of sp³-hybridized carbons (Fsp3) is 0.833. The molecule has 0 bridgehead atoms. The highest BCUT2D eigenvalue weighted by Gasteiger charge is 2.27. The Hall–Kier alpha value is -1.15. The second-order valence-electron chi connectivity index (χ2n) is 5.78. The Kier molecular flexibility index (Phi) is 5.52. The Morgan fingerprint density at radius 2 is 1.85 bits per heavy atom. The summed E-state index contributed by atoms with van der Waals surface area (Å²) >= 11 is 0. The van der Waals surface area contributed by atoms with Crippen molar-refractivity contribution in [2.45, 2.75) is 39.2 Å². The molecule has 0 saturated carbocycles. The minimum absolute atomic E-state index is 0.0170. The summed E-state index contributed by atoms with van der Waals surface area (Å²) in [6.07, 6.45) is 0.874. The molecule has 1 heterocycles. The number of hydrogen-bond acceptors (Lipinski definition) is 6. The molecule has 7 nitrogen and oxygen atoms in total. The van der Waals surface area contributed by atoms with E-state index in [9.17, 15) is 18.0 Å². The smallest absolute Gasteiger partial charge is 0.410 e. The minimum Gasteiger partial charge on any atom is -0.444 e. The van der Waals surface area contributed by atoms with Crippen molar-refractivity contribution in [1.82, 2.24) is 4.90 Å². The molecule has 0 atom stereocenters. The molecule has 0 N–H and O–H groups in total. The van der Waals surface area contributed by atoms with Gasteiger partial charge in [-0.05, 0) is 39.5 Å². The fourth-order valence-corrected chi connectivity index (χ4v) is 2.27. The van der Waals surface area contributed by atoms with E-state index in [1.54, 1.807) is 25.7 Å². The van der Waals surface area contributed by atoms with Crippen LogP contribution in [0, 0.1) is 5.92 Å². The van der Waals surface area contributed by atoms with Gasteiger partial charge in [-0.2, -0.15) is 8.42 Å². The fourth-order valence-electron chi connectivity index (χ4n) is 1.83. The predicted molar refractivity (Wildman–Crippen MR) is 72.2 cm³/mol. The molecule has 1 saturated heterocycles. The van der Waals surface area contributed by atoms with E-state index in [1.807, 2.05) is 0 Å². The normalized spacial score (nSPS) is 17.9. The SMILES string of the molecule is CC(C)(C)OC(=O)N1CCC(COS(=O)(=O)C=O)CC1. The summed E-state index contributed by atoms with van der Waals surface area (Å²) in [6.45, 7) is 6.36. The van der Waals surface area contributed by atoms with Crippen LogP contribution in [-0.2, 0) is 23.8 Å². The van der Waals surface area contributed by atoms with E-state index in [0.717, 1.165) is 0 Å². The van der Waals surface area contributed by atoms with Crippen molar-refractivity contribution in [3.05, 3.63) is 0 Å². The van der Waals surface area contributed by atoms with E-state index in [-0.39, 0.29) is 24.2 Å². The van der Waals surface area contributed by atoms with Crippen LogP contribution in [0.3, 0.4) is 0 Å². The quantitative estimate of drug-likeness (QED) is 0.572. The molecule has 1 aliphatic rings. The monoisotopic (exact) mass is 307 g/mol. The second-order valence-corrected chi connectivity index (χ2v) is 7.20. The van der Waals surface area contributed by atoms with Crippen LogP contribution in [0.4, 0.5) is 4.79 Å². The van der Waals surface area contributed by atoms with Crippen molar-refractivity contribution in [1.29, 1.82) is 0 Å². The van der Waals surface area contributed by atoms with Crippen LogP contribution in [-0.4, -0.2) is 50.3 Å². The van der Waals surface area contributed by atoms with Crippen molar-refractivity contribution in [2.75, 3.05) is 19.7 Å². The lowest BCUT2D eigenvalue weighted by Crippen LogP contribution is -2.42. The summed E-state index contributed by atoms with van der Waals surface area (Å²) in [7, 11) is -4.06. The highest BCUT2D eigenvalue weighted by atomic mass is 32.2. The van der Waals surface area contributed by atoms with Crippen molar-refractivity contribution in [2.24, 2.45) is 5.92 Å². The maximum Gasteiger partial charge on any atom is 0.410 e. The van der Waals surface area contributed by atoms with Gasteiger partial charge in [-0.1, -0.05) is 0 Å². The van der Waals surface area contributed by atoms with Crippen molar-refractivity contribution in [3.63, 3.8) is 0 Å². The zero-order valence-corrected chi connectivity index (χ0v) is 12.8. The molecule has 1 aliphatic heterocycles. The second kappa shape index (κ2) is 6.53. The molecule has 8 heteroatoms. The van der Waals surface area contributed by atoms with Crippen LogP contribution in [0.25, 0.3) is 0 Å². The predicted octanol–water partition coefficient (Wildman–Crippen LogP) is 1.17. The molecular weight excluding hydrogens is 286 g/mol. The van der Waals surface area contributed by atoms with Crippen molar-refractivity contribution >= 4 is 21.8 Å². The number of likely N-dealkylation sites (tertiary alicyclic amines) is 1. The molecule has 20 heavy (non-hydrogen) atoms. The van der Waals surface area contributed by atoms with Gasteiger partial charge in [-0.15, -0.1) is 0 Å². The Labute approximate surface area is 119 Å². The first-order valence-electron chi connectivity index (χ1n) is 6.45. The number of piperidine rings is 1. The van der Waals surface area contributed by atoms with Gasteiger partial charge in [0.1, 0.15) is 5.60 Å².